The number of carbonyl (C=O) groups is 2. The quantitative estimate of drug-likeness (QED) is 0.254. The molecule has 3 aliphatic heterocycles. The first-order valence-corrected chi connectivity index (χ1v) is 13.4. The van der Waals surface area contributed by atoms with Crippen LogP contribution in [-0.4, -0.2) is 59.9 Å². The van der Waals surface area contributed by atoms with Crippen molar-refractivity contribution in [1.29, 1.82) is 0 Å². The predicted molar refractivity (Wildman–Crippen MR) is 105 cm³/mol. The van der Waals surface area contributed by atoms with E-state index in [-0.39, 0.29) is 41.1 Å². The predicted octanol–water partition coefficient (Wildman–Crippen LogP) is 1.70. The van der Waals surface area contributed by atoms with Crippen LogP contribution in [0.2, 0.25) is 0 Å². The summed E-state index contributed by atoms with van der Waals surface area (Å²) in [6, 6.07) is 0. The number of ether oxygens (including phenoxy) is 1. The molecule has 4 aliphatic carbocycles. The Morgan fingerprint density at radius 1 is 0.914 bits per heavy atom. The Kier molecular flexibility index (Phi) is 4.29. The molecule has 8 nitrogen and oxygen atoms in total. The number of amides is 2. The van der Waals surface area contributed by atoms with Crippen LogP contribution < -0.4 is 0 Å². The first kappa shape index (κ1) is 22.6. The SMILES string of the molecule is O=C1C2C3C=CC(O3)C2C(=O)N1OS(=O)(=O)C(F)(F)C(F)(F)C1CC2CC1C1C3CC(O)C(C3)C21. The second-order valence-corrected chi connectivity index (χ2v) is 12.8. The maximum Gasteiger partial charge on any atom is 0.433 e. The van der Waals surface area contributed by atoms with E-state index in [9.17, 15) is 23.1 Å². The molecule has 6 fully saturated rings. The molecule has 12 atom stereocenters. The van der Waals surface area contributed by atoms with Crippen LogP contribution in [0, 0.1) is 53.3 Å². The number of aliphatic hydroxyl groups is 1. The van der Waals surface area contributed by atoms with Crippen molar-refractivity contribution >= 4 is 21.9 Å². The molecule has 4 saturated carbocycles. The number of aliphatic hydroxyl groups excluding tert-OH is 1. The number of imide groups is 1. The highest BCUT2D eigenvalue weighted by Gasteiger charge is 2.77. The van der Waals surface area contributed by atoms with E-state index in [2.05, 4.69) is 4.28 Å². The number of halogens is 4. The third kappa shape index (κ3) is 2.55. The van der Waals surface area contributed by atoms with Crippen LogP contribution in [0.25, 0.3) is 0 Å². The molecule has 13 heteroatoms. The van der Waals surface area contributed by atoms with E-state index in [1.54, 1.807) is 0 Å². The van der Waals surface area contributed by atoms with Gasteiger partial charge in [0.25, 0.3) is 11.8 Å². The first-order chi connectivity index (χ1) is 16.3. The number of hydrogen-bond donors (Lipinski definition) is 1. The molecule has 1 N–H and O–H groups in total. The van der Waals surface area contributed by atoms with Gasteiger partial charge in [0.15, 0.2) is 0 Å². The summed E-state index contributed by atoms with van der Waals surface area (Å²) in [5.74, 6) is -12.9. The van der Waals surface area contributed by atoms with Crippen molar-refractivity contribution in [2.75, 3.05) is 0 Å². The molecule has 0 aromatic rings. The lowest BCUT2D eigenvalue weighted by atomic mass is 9.65. The molecule has 0 aromatic heterocycles. The average molecular weight is 521 g/mol. The fourth-order valence-electron chi connectivity index (χ4n) is 8.86. The third-order valence-electron chi connectivity index (χ3n) is 9.99. The van der Waals surface area contributed by atoms with Crippen LogP contribution in [0.4, 0.5) is 17.6 Å². The Bertz CT molecular complexity index is 1130. The number of fused-ring (bicyclic) bond motifs is 14. The summed E-state index contributed by atoms with van der Waals surface area (Å²) in [5, 5.41) is 4.23. The number of rotatable bonds is 5. The lowest BCUT2D eigenvalue weighted by Crippen LogP contribution is -2.56. The zero-order valence-electron chi connectivity index (χ0n) is 18.2. The zero-order valence-corrected chi connectivity index (χ0v) is 19.0. The van der Waals surface area contributed by atoms with Gasteiger partial charge in [0.1, 0.15) is 0 Å². The topological polar surface area (TPSA) is 110 Å². The second kappa shape index (κ2) is 6.65. The Hall–Kier alpha value is -1.57. The average Bonchev–Trinajstić information content (AvgIpc) is 3.61. The maximum absolute atomic E-state index is 15.4. The van der Waals surface area contributed by atoms with Crippen LogP contribution in [0.5, 0.6) is 0 Å². The second-order valence-electron chi connectivity index (χ2n) is 11.3. The summed E-state index contributed by atoms with van der Waals surface area (Å²) >= 11 is 0. The van der Waals surface area contributed by atoms with Crippen molar-refractivity contribution in [2.45, 2.75) is 55.2 Å². The van der Waals surface area contributed by atoms with Gasteiger partial charge in [-0.25, -0.2) is 0 Å². The normalized spacial score (nSPS) is 49.6. The number of hydroxylamine groups is 2. The molecule has 35 heavy (non-hydrogen) atoms. The van der Waals surface area contributed by atoms with Gasteiger partial charge < -0.3 is 9.84 Å². The highest BCUT2D eigenvalue weighted by Crippen LogP contribution is 2.71. The van der Waals surface area contributed by atoms with Gasteiger partial charge in [0.2, 0.25) is 0 Å². The molecule has 3 heterocycles. The van der Waals surface area contributed by atoms with Gasteiger partial charge in [-0.1, -0.05) is 12.2 Å². The molecule has 6 bridgehead atoms. The summed E-state index contributed by atoms with van der Waals surface area (Å²) in [7, 11) is -6.41. The molecule has 0 radical (unpaired) electrons. The molecule has 2 amide bonds. The van der Waals surface area contributed by atoms with Gasteiger partial charge in [0.05, 0.1) is 30.1 Å². The maximum atomic E-state index is 15.4. The number of alkyl halides is 4. The first-order valence-electron chi connectivity index (χ1n) is 11.9. The summed E-state index contributed by atoms with van der Waals surface area (Å²) in [6.45, 7) is 0. The molecular weight excluding hydrogens is 498 g/mol. The Morgan fingerprint density at radius 3 is 2.09 bits per heavy atom. The molecular formula is C22H23F4NO7S. The summed E-state index contributed by atoms with van der Waals surface area (Å²) in [4.78, 5) is 25.2. The summed E-state index contributed by atoms with van der Waals surface area (Å²) in [5.41, 5.74) is 0. The Labute approximate surface area is 197 Å². The standard InChI is InChI=1S/C22H23F4NO7S/c23-21(24,11-5-7-3-9(11)15-8-4-10(16(7)15)12(28)6-8)22(25,26)35(31,32)34-27-19(29)17-13-1-2-14(33-13)18(17)20(27)30/h1-2,7-18,28H,3-6H2. The fourth-order valence-corrected chi connectivity index (χ4v) is 9.78. The highest BCUT2D eigenvalue weighted by atomic mass is 32.2. The minimum atomic E-state index is -6.41. The number of carbonyl (C=O) groups excluding carboxylic acids is 2. The lowest BCUT2D eigenvalue weighted by molar-refractivity contribution is -0.216. The Morgan fingerprint density at radius 2 is 1.46 bits per heavy atom. The minimum absolute atomic E-state index is 0.00716. The number of hydrogen-bond acceptors (Lipinski definition) is 7. The van der Waals surface area contributed by atoms with Crippen LogP contribution in [0.3, 0.4) is 0 Å². The zero-order chi connectivity index (χ0) is 24.8. The van der Waals surface area contributed by atoms with Crippen LogP contribution in [0.15, 0.2) is 12.2 Å². The van der Waals surface area contributed by atoms with Crippen molar-refractivity contribution in [1.82, 2.24) is 5.06 Å². The van der Waals surface area contributed by atoms with Crippen molar-refractivity contribution < 1.29 is 49.7 Å². The van der Waals surface area contributed by atoms with Crippen LogP contribution in [-0.2, 0) is 28.7 Å². The van der Waals surface area contributed by atoms with Crippen molar-refractivity contribution in [3.8, 4) is 0 Å². The van der Waals surface area contributed by atoms with Gasteiger partial charge in [-0.05, 0) is 61.2 Å². The largest absolute Gasteiger partial charge is 0.433 e. The van der Waals surface area contributed by atoms with Crippen molar-refractivity contribution in [3.63, 3.8) is 0 Å². The van der Waals surface area contributed by atoms with E-state index >= 15 is 17.6 Å². The monoisotopic (exact) mass is 521 g/mol. The van der Waals surface area contributed by atoms with Gasteiger partial charge >= 0.3 is 21.3 Å². The molecule has 0 spiro atoms. The molecule has 192 valence electrons. The molecule has 0 aromatic carbocycles. The number of nitrogens with zero attached hydrogens (tertiary/aromatic N) is 1. The van der Waals surface area contributed by atoms with E-state index in [0.29, 0.717) is 19.3 Å². The summed E-state index contributed by atoms with van der Waals surface area (Å²) in [6.07, 6.45) is 2.00. The van der Waals surface area contributed by atoms with E-state index < -0.39 is 75.1 Å². The lowest BCUT2D eigenvalue weighted by Gasteiger charge is -2.43. The van der Waals surface area contributed by atoms with E-state index in [0.717, 1.165) is 0 Å². The molecule has 2 saturated heterocycles. The van der Waals surface area contributed by atoms with Crippen molar-refractivity contribution in [3.05, 3.63) is 12.2 Å². The van der Waals surface area contributed by atoms with Crippen LogP contribution in [0.1, 0.15) is 25.7 Å². The molecule has 7 aliphatic rings. The third-order valence-corrected chi connectivity index (χ3v) is 11.2. The van der Waals surface area contributed by atoms with Gasteiger partial charge in [0, 0.05) is 5.92 Å². The van der Waals surface area contributed by atoms with Crippen LogP contribution >= 0.6 is 0 Å². The molecule has 12 unspecified atom stereocenters. The van der Waals surface area contributed by atoms with E-state index in [1.807, 2.05) is 0 Å². The van der Waals surface area contributed by atoms with Gasteiger partial charge in [-0.15, -0.1) is 9.35 Å². The van der Waals surface area contributed by atoms with Gasteiger partial charge in [-0.3, -0.25) is 9.59 Å². The van der Waals surface area contributed by atoms with E-state index in [1.165, 1.54) is 12.2 Å². The van der Waals surface area contributed by atoms with Crippen molar-refractivity contribution in [2.24, 2.45) is 53.3 Å². The van der Waals surface area contributed by atoms with Gasteiger partial charge in [-0.2, -0.15) is 26.0 Å². The summed E-state index contributed by atoms with van der Waals surface area (Å²) < 4.78 is 95.6. The van der Waals surface area contributed by atoms with E-state index in [4.69, 9.17) is 4.74 Å². The fraction of sp³-hybridized carbons (Fsp3) is 0.818. The smallest absolute Gasteiger partial charge is 0.393 e. The molecule has 7 rings (SSSR count). The highest BCUT2D eigenvalue weighted by molar-refractivity contribution is 7.87. The Balaban J connectivity index is 1.13. The minimum Gasteiger partial charge on any atom is -0.393 e.